The number of hydrogen-bond acceptors (Lipinski definition) is 8. The third-order valence-electron chi connectivity index (χ3n) is 2.05. The molecule has 1 fully saturated rings. The molecule has 0 aromatic rings. The van der Waals surface area contributed by atoms with Gasteiger partial charge < -0.3 is 40.5 Å². The van der Waals surface area contributed by atoms with Crippen molar-refractivity contribution in [3.8, 4) is 0 Å². The second-order valence-corrected chi connectivity index (χ2v) is 3.33. The minimum Gasteiger partial charge on any atom is -0.473 e. The van der Waals surface area contributed by atoms with E-state index in [0.29, 0.717) is 0 Å². The molecule has 10 nitrogen and oxygen atoms in total. The van der Waals surface area contributed by atoms with E-state index < -0.39 is 49.3 Å². The summed E-state index contributed by atoms with van der Waals surface area (Å²) in [6.45, 7) is -0.526. The summed E-state index contributed by atoms with van der Waals surface area (Å²) in [6.07, 6.45) is -7.04. The first-order chi connectivity index (χ1) is 8.22. The number of carboxylic acid groups (broad SMARTS) is 2. The van der Waals surface area contributed by atoms with Gasteiger partial charge in [-0.1, -0.05) is 0 Å². The van der Waals surface area contributed by atoms with Crippen molar-refractivity contribution in [1.82, 2.24) is 0 Å². The van der Waals surface area contributed by atoms with Crippen LogP contribution in [0.5, 0.6) is 0 Å². The van der Waals surface area contributed by atoms with Gasteiger partial charge in [0.25, 0.3) is 0 Å². The van der Waals surface area contributed by atoms with Crippen LogP contribution in [-0.2, 0) is 14.3 Å². The molecule has 5 atom stereocenters. The number of aliphatic carboxylic acids is 2. The first kappa shape index (κ1) is 16.7. The first-order valence-electron chi connectivity index (χ1n) is 4.67. The van der Waals surface area contributed by atoms with E-state index in [1.165, 1.54) is 0 Å². The molecular formula is C8H14O10. The van der Waals surface area contributed by atoms with Crippen LogP contribution < -0.4 is 0 Å². The van der Waals surface area contributed by atoms with Crippen LogP contribution in [0.3, 0.4) is 0 Å². The molecule has 1 saturated heterocycles. The summed E-state index contributed by atoms with van der Waals surface area (Å²) in [5.74, 6) is -3.65. The fourth-order valence-electron chi connectivity index (χ4n) is 1.08. The molecule has 10 heteroatoms. The second-order valence-electron chi connectivity index (χ2n) is 3.33. The van der Waals surface area contributed by atoms with Gasteiger partial charge in [-0.05, 0) is 0 Å². The van der Waals surface area contributed by atoms with Gasteiger partial charge in [-0.15, -0.1) is 0 Å². The van der Waals surface area contributed by atoms with Crippen LogP contribution in [0.2, 0.25) is 0 Å². The Hall–Kier alpha value is -1.30. The molecule has 1 rings (SSSR count). The van der Waals surface area contributed by atoms with Gasteiger partial charge >= 0.3 is 11.9 Å². The molecule has 0 unspecified atom stereocenters. The van der Waals surface area contributed by atoms with Crippen molar-refractivity contribution in [3.63, 3.8) is 0 Å². The Labute approximate surface area is 100 Å². The highest BCUT2D eigenvalue weighted by atomic mass is 16.6. The summed E-state index contributed by atoms with van der Waals surface area (Å²) in [7, 11) is 0. The summed E-state index contributed by atoms with van der Waals surface area (Å²) < 4.78 is 4.58. The van der Waals surface area contributed by atoms with Crippen molar-refractivity contribution in [2.45, 2.75) is 30.7 Å². The third-order valence-corrected chi connectivity index (χ3v) is 2.05. The molecule has 1 aliphatic rings. The zero-order valence-electron chi connectivity index (χ0n) is 8.95. The Balaban J connectivity index is 0.000000411. The monoisotopic (exact) mass is 270 g/mol. The molecule has 0 spiro atoms. The molecule has 0 bridgehead atoms. The predicted octanol–water partition coefficient (Wildman–Crippen LogP) is -4.07. The molecule has 0 saturated carbocycles. The summed E-state index contributed by atoms with van der Waals surface area (Å²) in [5.41, 5.74) is 0. The number of aliphatic hydroxyl groups is 5. The average Bonchev–Trinajstić information content (AvgIpc) is 2.31. The minimum atomic E-state index is -1.82. The van der Waals surface area contributed by atoms with Crippen LogP contribution in [-0.4, -0.2) is 85.0 Å². The van der Waals surface area contributed by atoms with Crippen molar-refractivity contribution >= 4 is 11.9 Å². The van der Waals surface area contributed by atoms with Gasteiger partial charge in [-0.2, -0.15) is 0 Å². The lowest BCUT2D eigenvalue weighted by molar-refractivity contribution is -0.286. The highest BCUT2D eigenvalue weighted by Crippen LogP contribution is 2.18. The Kier molecular flexibility index (Phi) is 6.68. The first-order valence-corrected chi connectivity index (χ1v) is 4.67. The van der Waals surface area contributed by atoms with E-state index in [0.717, 1.165) is 0 Å². The molecule has 106 valence electrons. The average molecular weight is 270 g/mol. The lowest BCUT2D eigenvalue weighted by atomic mass is 10.00. The number of carboxylic acids is 2. The van der Waals surface area contributed by atoms with E-state index in [2.05, 4.69) is 4.74 Å². The lowest BCUT2D eigenvalue weighted by Crippen LogP contribution is -2.58. The Bertz CT molecular complexity index is 275. The van der Waals surface area contributed by atoms with Gasteiger partial charge in [0.15, 0.2) is 6.29 Å². The van der Waals surface area contributed by atoms with Crippen LogP contribution in [0.15, 0.2) is 0 Å². The summed E-state index contributed by atoms with van der Waals surface area (Å²) in [5, 5.41) is 59.4. The van der Waals surface area contributed by atoms with Crippen LogP contribution in [0, 0.1) is 0 Å². The summed E-state index contributed by atoms with van der Waals surface area (Å²) >= 11 is 0. The topological polar surface area (TPSA) is 185 Å². The molecule has 18 heavy (non-hydrogen) atoms. The highest BCUT2D eigenvalue weighted by Gasteiger charge is 2.42. The maximum Gasteiger partial charge on any atom is 0.414 e. The van der Waals surface area contributed by atoms with Crippen LogP contribution in [0.1, 0.15) is 0 Å². The quantitative estimate of drug-likeness (QED) is 0.231. The minimum absolute atomic E-state index is 0.526. The number of ether oxygens (including phenoxy) is 1. The van der Waals surface area contributed by atoms with E-state index >= 15 is 0 Å². The standard InChI is InChI=1S/C6H12O6.C2H2O4/c7-1-2-3(8)4(9)5(10)6(11)12-2;3-1(4)2(5)6/h2-11H,1H2;(H,3,4)(H,5,6)/t2-,3+,4+,5+,6-;/m0./s1. The second kappa shape index (κ2) is 7.20. The predicted molar refractivity (Wildman–Crippen MR) is 51.3 cm³/mol. The van der Waals surface area contributed by atoms with Crippen molar-refractivity contribution < 1.29 is 50.1 Å². The molecular weight excluding hydrogens is 256 g/mol. The Morgan fingerprint density at radius 3 is 1.67 bits per heavy atom. The number of aliphatic hydroxyl groups excluding tert-OH is 5. The van der Waals surface area contributed by atoms with Gasteiger partial charge in [0, 0.05) is 0 Å². The molecule has 0 aromatic carbocycles. The largest absolute Gasteiger partial charge is 0.473 e. The van der Waals surface area contributed by atoms with Crippen LogP contribution in [0.4, 0.5) is 0 Å². The zero-order valence-corrected chi connectivity index (χ0v) is 8.95. The lowest BCUT2D eigenvalue weighted by Gasteiger charge is -2.37. The Morgan fingerprint density at radius 2 is 1.33 bits per heavy atom. The maximum absolute atomic E-state index is 9.12. The molecule has 0 amide bonds. The van der Waals surface area contributed by atoms with Gasteiger partial charge in [0.2, 0.25) is 0 Å². The van der Waals surface area contributed by atoms with E-state index in [9.17, 15) is 0 Å². The number of carbonyl (C=O) groups is 2. The van der Waals surface area contributed by atoms with Gasteiger partial charge in [0.1, 0.15) is 24.4 Å². The molecule has 0 radical (unpaired) electrons. The molecule has 0 aromatic heterocycles. The molecule has 1 aliphatic heterocycles. The van der Waals surface area contributed by atoms with E-state index in [1.807, 2.05) is 0 Å². The van der Waals surface area contributed by atoms with E-state index in [4.69, 9.17) is 45.3 Å². The van der Waals surface area contributed by atoms with Gasteiger partial charge in [-0.3, -0.25) is 0 Å². The number of hydrogen-bond donors (Lipinski definition) is 7. The highest BCUT2D eigenvalue weighted by molar-refractivity contribution is 6.27. The summed E-state index contributed by atoms with van der Waals surface area (Å²) in [6, 6.07) is 0. The fraction of sp³-hybridized carbons (Fsp3) is 0.750. The van der Waals surface area contributed by atoms with Crippen molar-refractivity contribution in [1.29, 1.82) is 0 Å². The van der Waals surface area contributed by atoms with E-state index in [-0.39, 0.29) is 0 Å². The SMILES string of the molecule is O=C(O)C(=O)O.OC[C@@H]1O[C@H](O)[C@H](O)[C@H](O)[C@@H]1O. The van der Waals surface area contributed by atoms with Crippen LogP contribution >= 0.6 is 0 Å². The third kappa shape index (κ3) is 4.52. The normalized spacial score (nSPS) is 35.3. The van der Waals surface area contributed by atoms with Crippen molar-refractivity contribution in [2.75, 3.05) is 6.61 Å². The number of rotatable bonds is 1. The van der Waals surface area contributed by atoms with Crippen molar-refractivity contribution in [2.24, 2.45) is 0 Å². The van der Waals surface area contributed by atoms with Gasteiger partial charge in [0.05, 0.1) is 6.61 Å². The van der Waals surface area contributed by atoms with E-state index in [1.54, 1.807) is 0 Å². The molecule has 1 heterocycles. The van der Waals surface area contributed by atoms with Crippen LogP contribution in [0.25, 0.3) is 0 Å². The molecule has 7 N–H and O–H groups in total. The van der Waals surface area contributed by atoms with Crippen molar-refractivity contribution in [3.05, 3.63) is 0 Å². The summed E-state index contributed by atoms with van der Waals surface area (Å²) in [4.78, 5) is 18.2. The zero-order chi connectivity index (χ0) is 14.5. The fourth-order valence-corrected chi connectivity index (χ4v) is 1.08. The maximum atomic E-state index is 9.12. The Morgan fingerprint density at radius 1 is 0.889 bits per heavy atom. The molecule has 0 aliphatic carbocycles. The smallest absolute Gasteiger partial charge is 0.414 e. The van der Waals surface area contributed by atoms with Gasteiger partial charge in [-0.25, -0.2) is 9.59 Å².